The van der Waals surface area contributed by atoms with Gasteiger partial charge in [-0.2, -0.15) is 0 Å². The number of hydrogen-bond acceptors (Lipinski definition) is 4. The number of carbonyl (C=O) groups is 1. The fourth-order valence-electron chi connectivity index (χ4n) is 1.02. The van der Waals surface area contributed by atoms with Crippen molar-refractivity contribution in [1.29, 1.82) is 0 Å². The number of ether oxygens (including phenoxy) is 2. The Labute approximate surface area is 87.7 Å². The van der Waals surface area contributed by atoms with Crippen molar-refractivity contribution >= 4 is 5.97 Å². The first-order chi connectivity index (χ1) is 7.25. The summed E-state index contributed by atoms with van der Waals surface area (Å²) < 4.78 is 10.3. The van der Waals surface area contributed by atoms with Crippen molar-refractivity contribution in [2.24, 2.45) is 0 Å². The summed E-state index contributed by atoms with van der Waals surface area (Å²) in [6, 6.07) is 1.52. The van der Waals surface area contributed by atoms with Gasteiger partial charge in [0.15, 0.2) is 0 Å². The van der Waals surface area contributed by atoms with Crippen LogP contribution in [0.15, 0.2) is 18.5 Å². The van der Waals surface area contributed by atoms with Crippen LogP contribution < -0.4 is 4.74 Å². The van der Waals surface area contributed by atoms with E-state index < -0.39 is 5.97 Å². The summed E-state index contributed by atoms with van der Waals surface area (Å²) in [5, 5.41) is 8.82. The van der Waals surface area contributed by atoms with Gasteiger partial charge in [0.05, 0.1) is 6.61 Å². The summed E-state index contributed by atoms with van der Waals surface area (Å²) in [6.07, 6.45) is 2.75. The van der Waals surface area contributed by atoms with Gasteiger partial charge in [-0.05, 0) is 13.0 Å². The van der Waals surface area contributed by atoms with Gasteiger partial charge in [-0.15, -0.1) is 0 Å². The average molecular weight is 211 g/mol. The fraction of sp³-hybridized carbons (Fsp3) is 0.400. The van der Waals surface area contributed by atoms with E-state index in [0.29, 0.717) is 25.6 Å². The minimum atomic E-state index is -1.05. The van der Waals surface area contributed by atoms with Gasteiger partial charge in [0.2, 0.25) is 0 Å². The van der Waals surface area contributed by atoms with Gasteiger partial charge in [0, 0.05) is 19.0 Å². The second-order valence-electron chi connectivity index (χ2n) is 2.72. The quantitative estimate of drug-likeness (QED) is 0.716. The van der Waals surface area contributed by atoms with E-state index in [1.807, 2.05) is 6.92 Å². The van der Waals surface area contributed by atoms with Crippen molar-refractivity contribution in [3.63, 3.8) is 0 Å². The molecule has 1 heterocycles. The van der Waals surface area contributed by atoms with Gasteiger partial charge in [-0.1, -0.05) is 0 Å². The molecule has 0 amide bonds. The zero-order chi connectivity index (χ0) is 11.1. The van der Waals surface area contributed by atoms with Crippen LogP contribution in [-0.4, -0.2) is 35.9 Å². The van der Waals surface area contributed by atoms with Crippen molar-refractivity contribution in [3.8, 4) is 5.75 Å². The van der Waals surface area contributed by atoms with Crippen LogP contribution in [0.25, 0.3) is 0 Å². The molecule has 0 unspecified atom stereocenters. The molecule has 1 rings (SSSR count). The molecule has 0 saturated carbocycles. The first-order valence-corrected chi connectivity index (χ1v) is 4.63. The molecular formula is C10H13NO4. The van der Waals surface area contributed by atoms with Gasteiger partial charge in [0.1, 0.15) is 17.9 Å². The van der Waals surface area contributed by atoms with E-state index in [-0.39, 0.29) is 5.56 Å². The van der Waals surface area contributed by atoms with E-state index in [4.69, 9.17) is 14.6 Å². The van der Waals surface area contributed by atoms with Crippen LogP contribution >= 0.6 is 0 Å². The molecular weight excluding hydrogens is 198 g/mol. The van der Waals surface area contributed by atoms with Gasteiger partial charge in [-0.25, -0.2) is 4.79 Å². The molecule has 0 aliphatic heterocycles. The summed E-state index contributed by atoms with van der Waals surface area (Å²) in [6.45, 7) is 3.27. The van der Waals surface area contributed by atoms with Crippen LogP contribution in [0.4, 0.5) is 0 Å². The summed E-state index contributed by atoms with van der Waals surface area (Å²) in [5.41, 5.74) is 0.0639. The Balaban J connectivity index is 2.56. The van der Waals surface area contributed by atoms with E-state index in [1.54, 1.807) is 0 Å². The van der Waals surface area contributed by atoms with Crippen LogP contribution in [0.1, 0.15) is 17.3 Å². The maximum atomic E-state index is 10.8. The third-order valence-corrected chi connectivity index (χ3v) is 1.70. The largest absolute Gasteiger partial charge is 0.490 e. The lowest BCUT2D eigenvalue weighted by Crippen LogP contribution is -2.09. The third-order valence-electron chi connectivity index (χ3n) is 1.70. The molecule has 0 aromatic carbocycles. The minimum absolute atomic E-state index is 0.0639. The molecule has 15 heavy (non-hydrogen) atoms. The summed E-state index contributed by atoms with van der Waals surface area (Å²) in [4.78, 5) is 14.5. The molecule has 0 spiro atoms. The van der Waals surface area contributed by atoms with E-state index >= 15 is 0 Å². The minimum Gasteiger partial charge on any atom is -0.490 e. The van der Waals surface area contributed by atoms with Crippen molar-refractivity contribution in [1.82, 2.24) is 4.98 Å². The molecule has 1 aromatic rings. The Bertz CT molecular complexity index is 327. The number of carboxylic acids is 1. The molecule has 0 saturated heterocycles. The summed E-state index contributed by atoms with van der Waals surface area (Å²) in [7, 11) is 0. The molecule has 0 atom stereocenters. The molecule has 82 valence electrons. The van der Waals surface area contributed by atoms with Crippen LogP contribution in [-0.2, 0) is 4.74 Å². The van der Waals surface area contributed by atoms with Crippen LogP contribution in [0, 0.1) is 0 Å². The number of hydrogen-bond donors (Lipinski definition) is 1. The number of rotatable bonds is 6. The predicted octanol–water partition coefficient (Wildman–Crippen LogP) is 1.20. The molecule has 0 aliphatic rings. The molecule has 1 aromatic heterocycles. The van der Waals surface area contributed by atoms with Crippen LogP contribution in [0.3, 0.4) is 0 Å². The van der Waals surface area contributed by atoms with E-state index in [9.17, 15) is 4.79 Å². The Morgan fingerprint density at radius 3 is 3.00 bits per heavy atom. The highest BCUT2D eigenvalue weighted by molar-refractivity contribution is 5.90. The molecule has 0 aliphatic carbocycles. The van der Waals surface area contributed by atoms with E-state index in [0.717, 1.165) is 0 Å². The number of aromatic carboxylic acids is 1. The van der Waals surface area contributed by atoms with E-state index in [2.05, 4.69) is 4.98 Å². The van der Waals surface area contributed by atoms with Gasteiger partial charge in [0.25, 0.3) is 0 Å². The molecule has 0 radical (unpaired) electrons. The highest BCUT2D eigenvalue weighted by Crippen LogP contribution is 2.15. The smallest absolute Gasteiger partial charge is 0.341 e. The second-order valence-corrected chi connectivity index (χ2v) is 2.72. The topological polar surface area (TPSA) is 68.7 Å². The fourth-order valence-corrected chi connectivity index (χ4v) is 1.02. The lowest BCUT2D eigenvalue weighted by Gasteiger charge is -2.07. The zero-order valence-corrected chi connectivity index (χ0v) is 8.47. The standard InChI is InChI=1S/C10H13NO4/c1-2-14-5-6-15-9-3-4-11-7-8(9)10(12)13/h3-4,7H,2,5-6H2,1H3,(H,12,13). The Morgan fingerprint density at radius 2 is 2.33 bits per heavy atom. The van der Waals surface area contributed by atoms with Crippen molar-refractivity contribution in [3.05, 3.63) is 24.0 Å². The third kappa shape index (κ3) is 3.55. The lowest BCUT2D eigenvalue weighted by molar-refractivity contribution is 0.0686. The van der Waals surface area contributed by atoms with E-state index in [1.165, 1.54) is 18.5 Å². The summed E-state index contributed by atoms with van der Waals surface area (Å²) >= 11 is 0. The lowest BCUT2D eigenvalue weighted by atomic mass is 10.2. The van der Waals surface area contributed by atoms with Crippen molar-refractivity contribution < 1.29 is 19.4 Å². The normalized spacial score (nSPS) is 9.93. The Hall–Kier alpha value is -1.62. The first kappa shape index (κ1) is 11.5. The zero-order valence-electron chi connectivity index (χ0n) is 8.47. The highest BCUT2D eigenvalue weighted by Gasteiger charge is 2.10. The van der Waals surface area contributed by atoms with Gasteiger partial charge in [-0.3, -0.25) is 4.98 Å². The molecule has 1 N–H and O–H groups in total. The maximum Gasteiger partial charge on any atom is 0.341 e. The molecule has 0 fully saturated rings. The average Bonchev–Trinajstić information content (AvgIpc) is 2.25. The van der Waals surface area contributed by atoms with Crippen LogP contribution in [0.5, 0.6) is 5.75 Å². The molecule has 5 nitrogen and oxygen atoms in total. The van der Waals surface area contributed by atoms with Crippen molar-refractivity contribution in [2.45, 2.75) is 6.92 Å². The Morgan fingerprint density at radius 1 is 1.53 bits per heavy atom. The predicted molar refractivity (Wildman–Crippen MR) is 53.2 cm³/mol. The highest BCUT2D eigenvalue weighted by atomic mass is 16.5. The number of nitrogens with zero attached hydrogens (tertiary/aromatic N) is 1. The van der Waals surface area contributed by atoms with Gasteiger partial charge < -0.3 is 14.6 Å². The SMILES string of the molecule is CCOCCOc1ccncc1C(=O)O. The monoisotopic (exact) mass is 211 g/mol. The number of aromatic nitrogens is 1. The maximum absolute atomic E-state index is 10.8. The first-order valence-electron chi connectivity index (χ1n) is 4.63. The summed E-state index contributed by atoms with van der Waals surface area (Å²) in [5.74, 6) is -0.730. The number of carboxylic acid groups (broad SMARTS) is 1. The number of pyridine rings is 1. The van der Waals surface area contributed by atoms with Crippen LogP contribution in [0.2, 0.25) is 0 Å². The van der Waals surface area contributed by atoms with Crippen molar-refractivity contribution in [2.75, 3.05) is 19.8 Å². The second kappa shape index (κ2) is 5.98. The molecule has 0 bridgehead atoms. The molecule has 5 heteroatoms. The van der Waals surface area contributed by atoms with Gasteiger partial charge >= 0.3 is 5.97 Å². The Kier molecular flexibility index (Phi) is 4.56.